The fraction of sp³-hybridized carbons (Fsp3) is 0.636. The topological polar surface area (TPSA) is 231 Å². The van der Waals surface area contributed by atoms with Crippen LogP contribution in [0.5, 0.6) is 0 Å². The van der Waals surface area contributed by atoms with E-state index in [1.165, 1.54) is 19.3 Å². The molecule has 2 aliphatic heterocycles. The van der Waals surface area contributed by atoms with E-state index in [-0.39, 0.29) is 19.4 Å². The van der Waals surface area contributed by atoms with Crippen molar-refractivity contribution in [1.82, 2.24) is 0 Å². The summed E-state index contributed by atoms with van der Waals surface area (Å²) in [5.41, 5.74) is 0. The van der Waals surface area contributed by atoms with Crippen LogP contribution in [0.15, 0.2) is 109 Å². The van der Waals surface area contributed by atoms with Crippen molar-refractivity contribution >= 4 is 11.9 Å². The maximum absolute atomic E-state index is 13.0. The predicted molar refractivity (Wildman–Crippen MR) is 270 cm³/mol. The molecule has 0 bridgehead atoms. The first-order valence-corrected chi connectivity index (χ1v) is 25.5. The van der Waals surface area contributed by atoms with E-state index in [0.29, 0.717) is 19.3 Å². The molecule has 70 heavy (non-hydrogen) atoms. The van der Waals surface area contributed by atoms with E-state index >= 15 is 0 Å². The molecule has 0 aromatic carbocycles. The fourth-order valence-corrected chi connectivity index (χ4v) is 7.15. The second kappa shape index (κ2) is 40.7. The number of allylic oxidation sites excluding steroid dienone is 18. The Balaban J connectivity index is 1.87. The second-order valence-electron chi connectivity index (χ2n) is 17.3. The summed E-state index contributed by atoms with van der Waals surface area (Å²) in [7, 11) is 0. The van der Waals surface area contributed by atoms with Crippen molar-refractivity contribution in [2.45, 2.75) is 197 Å². The number of aliphatic hydroxyl groups excluding tert-OH is 7. The average molecular weight is 987 g/mol. The highest BCUT2D eigenvalue weighted by Crippen LogP contribution is 2.26. The Hall–Kier alpha value is -3.84. The molecule has 7 N–H and O–H groups in total. The second-order valence-corrected chi connectivity index (χ2v) is 17.3. The van der Waals surface area contributed by atoms with Gasteiger partial charge in [-0.15, -0.1) is 0 Å². The van der Waals surface area contributed by atoms with Gasteiger partial charge >= 0.3 is 11.9 Å². The molecule has 0 aliphatic carbocycles. The predicted octanol–water partition coefficient (Wildman–Crippen LogP) is 7.15. The summed E-state index contributed by atoms with van der Waals surface area (Å²) in [6, 6.07) is 0. The molecule has 0 aromatic rings. The first-order valence-electron chi connectivity index (χ1n) is 25.5. The van der Waals surface area contributed by atoms with Crippen LogP contribution >= 0.6 is 0 Å². The van der Waals surface area contributed by atoms with Crippen LogP contribution in [0.3, 0.4) is 0 Å². The standard InChI is InChI=1S/C55H86O15/c1-3-5-7-9-11-13-15-17-19-20-21-22-24-26-28-30-32-34-36-38-47(58)68-43(40-65-46(57)37-35-33-31-29-27-25-23-18-16-14-12-10-8-6-4-2)41-66-54-53(64)51(62)49(60)45(70-54)42-67-55-52(63)50(61)48(59)44(39-56)69-55/h6,8,10-14,16-19,21-23,26,28,32,34,43-45,48-56,59-64H,3-5,7,9,15,20,24-25,27,29-31,33,35-42H2,1-2H3/b8-6+,12-10+,13-11+,16-14+,19-17+,22-21+,23-18+,28-26+,34-32+/t43-,44+,45+,48-,49-,50?,51?,52?,53?,54+,55+/m1/s1. The number of esters is 2. The summed E-state index contributed by atoms with van der Waals surface area (Å²) < 4.78 is 33.4. The SMILES string of the molecule is CC/C=C/C=C/C=C/C=C/CCCCCCCC(=O)OC[C@H](CO[C@H]1O[C@@H](CO[C@H]2O[C@@H](CO)[C@@H](O)C(O)C2O)[C@@H](O)C(O)C1O)OC(=O)CC/C=C/C/C=C/C/C=C/C/C=C/C/C=C/CCCCC. The summed E-state index contributed by atoms with van der Waals surface area (Å²) in [5.74, 6) is -1.06. The van der Waals surface area contributed by atoms with Crippen molar-refractivity contribution in [3.05, 3.63) is 109 Å². The van der Waals surface area contributed by atoms with Crippen molar-refractivity contribution in [1.29, 1.82) is 0 Å². The molecule has 2 aliphatic rings. The molecule has 2 fully saturated rings. The summed E-state index contributed by atoms with van der Waals surface area (Å²) in [6.45, 7) is 2.29. The Labute approximate surface area is 417 Å². The van der Waals surface area contributed by atoms with Gasteiger partial charge in [-0.05, 0) is 70.6 Å². The first-order chi connectivity index (χ1) is 34.0. The Morgan fingerprint density at radius 1 is 0.486 bits per heavy atom. The third-order valence-corrected chi connectivity index (χ3v) is 11.3. The summed E-state index contributed by atoms with van der Waals surface area (Å²) in [4.78, 5) is 25.7. The fourth-order valence-electron chi connectivity index (χ4n) is 7.15. The van der Waals surface area contributed by atoms with E-state index in [1.54, 1.807) is 0 Å². The van der Waals surface area contributed by atoms with E-state index in [0.717, 1.165) is 64.2 Å². The molecule has 2 saturated heterocycles. The number of hydrogen-bond acceptors (Lipinski definition) is 15. The zero-order valence-corrected chi connectivity index (χ0v) is 41.7. The number of unbranched alkanes of at least 4 members (excludes halogenated alkanes) is 8. The number of rotatable bonds is 37. The molecule has 0 saturated carbocycles. The highest BCUT2D eigenvalue weighted by atomic mass is 16.7. The number of hydrogen-bond donors (Lipinski definition) is 7. The molecule has 2 rings (SSSR count). The summed E-state index contributed by atoms with van der Waals surface area (Å²) >= 11 is 0. The molecule has 396 valence electrons. The van der Waals surface area contributed by atoms with Gasteiger partial charge in [-0.25, -0.2) is 0 Å². The Morgan fingerprint density at radius 3 is 1.60 bits per heavy atom. The van der Waals surface area contributed by atoms with E-state index in [2.05, 4.69) is 74.6 Å². The lowest BCUT2D eigenvalue weighted by molar-refractivity contribution is -0.332. The van der Waals surface area contributed by atoms with Crippen molar-refractivity contribution in [2.24, 2.45) is 0 Å². The van der Waals surface area contributed by atoms with Crippen LogP contribution in [-0.4, -0.2) is 142 Å². The van der Waals surface area contributed by atoms with E-state index in [1.807, 2.05) is 48.6 Å². The zero-order valence-electron chi connectivity index (χ0n) is 41.7. The highest BCUT2D eigenvalue weighted by molar-refractivity contribution is 5.70. The van der Waals surface area contributed by atoms with Crippen LogP contribution in [0.25, 0.3) is 0 Å². The molecule has 15 nitrogen and oxygen atoms in total. The molecular formula is C55H86O15. The van der Waals surface area contributed by atoms with Gasteiger partial charge in [-0.3, -0.25) is 9.59 Å². The Morgan fingerprint density at radius 2 is 0.986 bits per heavy atom. The third-order valence-electron chi connectivity index (χ3n) is 11.3. The number of carbonyl (C=O) groups excluding carboxylic acids is 2. The van der Waals surface area contributed by atoms with Crippen molar-refractivity contribution < 1.29 is 73.8 Å². The van der Waals surface area contributed by atoms with E-state index < -0.39 is 99.3 Å². The molecule has 4 unspecified atom stereocenters. The van der Waals surface area contributed by atoms with Crippen LogP contribution in [0.4, 0.5) is 0 Å². The molecule has 15 heteroatoms. The Bertz CT molecular complexity index is 1630. The quantitative estimate of drug-likeness (QED) is 0.0142. The first kappa shape index (κ1) is 62.3. The molecule has 0 spiro atoms. The third kappa shape index (κ3) is 28.3. The maximum Gasteiger partial charge on any atom is 0.306 e. The summed E-state index contributed by atoms with van der Waals surface area (Å²) in [5, 5.41) is 72.1. The molecule has 0 amide bonds. The van der Waals surface area contributed by atoms with Gasteiger partial charge in [-0.2, -0.15) is 0 Å². The van der Waals surface area contributed by atoms with E-state index in [9.17, 15) is 45.3 Å². The monoisotopic (exact) mass is 987 g/mol. The maximum atomic E-state index is 13.0. The minimum absolute atomic E-state index is 0.0289. The van der Waals surface area contributed by atoms with Crippen LogP contribution in [0.1, 0.15) is 129 Å². The van der Waals surface area contributed by atoms with Gasteiger partial charge < -0.3 is 64.2 Å². The van der Waals surface area contributed by atoms with Gasteiger partial charge in [0.25, 0.3) is 0 Å². The van der Waals surface area contributed by atoms with Gasteiger partial charge in [0.2, 0.25) is 0 Å². The minimum Gasteiger partial charge on any atom is -0.462 e. The number of ether oxygens (including phenoxy) is 6. The summed E-state index contributed by atoms with van der Waals surface area (Å²) in [6.07, 6.45) is 35.5. The lowest BCUT2D eigenvalue weighted by Crippen LogP contribution is -2.61. The highest BCUT2D eigenvalue weighted by Gasteiger charge is 2.47. The number of carbonyl (C=O) groups is 2. The van der Waals surface area contributed by atoms with Gasteiger partial charge in [0.05, 0.1) is 19.8 Å². The van der Waals surface area contributed by atoms with Crippen LogP contribution in [0.2, 0.25) is 0 Å². The lowest BCUT2D eigenvalue weighted by atomic mass is 9.98. The molecule has 11 atom stereocenters. The lowest BCUT2D eigenvalue weighted by Gasteiger charge is -2.42. The molecule has 0 radical (unpaired) electrons. The normalized spacial score (nSPS) is 26.3. The molecular weight excluding hydrogens is 901 g/mol. The van der Waals surface area contributed by atoms with Crippen LogP contribution < -0.4 is 0 Å². The smallest absolute Gasteiger partial charge is 0.306 e. The minimum atomic E-state index is -1.79. The zero-order chi connectivity index (χ0) is 51.0. The van der Waals surface area contributed by atoms with Crippen LogP contribution in [0, 0.1) is 0 Å². The van der Waals surface area contributed by atoms with Gasteiger partial charge in [0.15, 0.2) is 18.7 Å². The van der Waals surface area contributed by atoms with E-state index in [4.69, 9.17) is 28.4 Å². The van der Waals surface area contributed by atoms with Crippen molar-refractivity contribution in [3.63, 3.8) is 0 Å². The largest absolute Gasteiger partial charge is 0.462 e. The van der Waals surface area contributed by atoms with Gasteiger partial charge in [-0.1, -0.05) is 155 Å². The number of aliphatic hydroxyl groups is 7. The molecule has 0 aromatic heterocycles. The van der Waals surface area contributed by atoms with Gasteiger partial charge in [0, 0.05) is 12.8 Å². The van der Waals surface area contributed by atoms with Crippen molar-refractivity contribution in [2.75, 3.05) is 26.4 Å². The molecule has 2 heterocycles. The van der Waals surface area contributed by atoms with Gasteiger partial charge in [0.1, 0.15) is 55.4 Å². The average Bonchev–Trinajstić information content (AvgIpc) is 3.35. The Kier molecular flexibility index (Phi) is 36.2. The van der Waals surface area contributed by atoms with Crippen LogP contribution in [-0.2, 0) is 38.0 Å². The van der Waals surface area contributed by atoms with Crippen molar-refractivity contribution in [3.8, 4) is 0 Å².